The highest BCUT2D eigenvalue weighted by Gasteiger charge is 2.31. The molecule has 0 aromatic heterocycles. The number of rotatable bonds is 46. The lowest BCUT2D eigenvalue weighted by atomic mass is 10.1. The van der Waals surface area contributed by atoms with E-state index in [-0.39, 0.29) is 36.2 Å². The first-order valence-electron chi connectivity index (χ1n) is 26.0. The van der Waals surface area contributed by atoms with Crippen molar-refractivity contribution in [3.63, 3.8) is 0 Å². The Morgan fingerprint density at radius 3 is 1.39 bits per heavy atom. The van der Waals surface area contributed by atoms with Crippen LogP contribution in [-0.2, 0) is 28.6 Å². The monoisotopic (exact) mass is 897 g/mol. The van der Waals surface area contributed by atoms with Crippen LogP contribution in [0.5, 0.6) is 0 Å². The molecule has 0 spiro atoms. The zero-order chi connectivity index (χ0) is 47.0. The smallest absolute Gasteiger partial charge is 0.362 e. The lowest BCUT2D eigenvalue weighted by Crippen LogP contribution is -2.50. The molecular weight excluding hydrogens is 799 g/mol. The fourth-order valence-electron chi connectivity index (χ4n) is 7.37. The van der Waals surface area contributed by atoms with E-state index in [4.69, 9.17) is 14.2 Å². The maximum Gasteiger partial charge on any atom is 0.362 e. The summed E-state index contributed by atoms with van der Waals surface area (Å²) >= 11 is 0. The second-order valence-corrected chi connectivity index (χ2v) is 18.4. The van der Waals surface area contributed by atoms with Crippen molar-refractivity contribution in [2.45, 2.75) is 225 Å². The number of aliphatic carboxylic acids is 1. The number of nitrogens with zero attached hydrogens (tertiary/aromatic N) is 1. The third kappa shape index (κ3) is 44.0. The second kappa shape index (κ2) is 46.3. The van der Waals surface area contributed by atoms with E-state index in [0.717, 1.165) is 77.0 Å². The van der Waals surface area contributed by atoms with Gasteiger partial charge in [-0.15, -0.1) is 0 Å². The fraction of sp³-hybridized carbons (Fsp3) is 0.732. The summed E-state index contributed by atoms with van der Waals surface area (Å²) in [6, 6.07) is -0.621. The van der Waals surface area contributed by atoms with Crippen LogP contribution in [0.25, 0.3) is 0 Å². The molecule has 0 radical (unpaired) electrons. The summed E-state index contributed by atoms with van der Waals surface area (Å²) in [5.41, 5.74) is 0. The van der Waals surface area contributed by atoms with Gasteiger partial charge < -0.3 is 23.8 Å². The molecule has 0 aliphatic carbocycles. The Balaban J connectivity index is 4.27. The van der Waals surface area contributed by atoms with E-state index < -0.39 is 18.1 Å². The lowest BCUT2D eigenvalue weighted by Gasteiger charge is -2.31. The number of hydrogen-bond donors (Lipinski definition) is 1. The van der Waals surface area contributed by atoms with Crippen molar-refractivity contribution < 1.29 is 38.2 Å². The first-order valence-corrected chi connectivity index (χ1v) is 26.0. The molecule has 2 unspecified atom stereocenters. The van der Waals surface area contributed by atoms with Crippen LogP contribution in [0, 0.1) is 0 Å². The molecular formula is C56H98NO7+. The quantitative estimate of drug-likeness (QED) is 0.0214. The largest absolute Gasteiger partial charge is 0.477 e. The van der Waals surface area contributed by atoms with Crippen LogP contribution < -0.4 is 0 Å². The van der Waals surface area contributed by atoms with Gasteiger partial charge in [0, 0.05) is 19.3 Å². The number of carbonyl (C=O) groups is 3. The van der Waals surface area contributed by atoms with Crippen LogP contribution in [-0.4, -0.2) is 80.6 Å². The SMILES string of the molecule is CC/C=C/C/C=C/C/C=C/C/C=C/CCCCCCCCCC(=O)OC(COCCC(C(=O)O)[N+](C)(C)C)COC(=O)CCCCCCCCCCCC/C=C/C=C/CCCCCC. The standard InChI is InChI=1S/C56H97NO7/c1-6-8-10-12-14-16-18-20-22-24-26-28-30-32-34-36-38-40-42-44-46-54(58)63-51-52(50-62-49-48-53(56(60)61)57(3,4)5)64-55(59)47-45-43-41-39-37-35-33-31-29-27-25-23-21-19-17-15-13-11-9-7-2/h9,11,15-18,20-23,27,29,52-53H,6-8,10,12-14,19,24-26,28,30-51H2,1-5H3/p+1/b11-9+,17-15+,18-16+,22-20+,23-21+,29-27+. The molecule has 0 aliphatic rings. The van der Waals surface area contributed by atoms with Gasteiger partial charge in [-0.2, -0.15) is 0 Å². The number of carboxylic acid groups (broad SMARTS) is 1. The van der Waals surface area contributed by atoms with Crippen LogP contribution in [0.4, 0.5) is 0 Å². The number of unbranched alkanes of at least 4 members (excludes halogenated alkanes) is 21. The van der Waals surface area contributed by atoms with Crippen LogP contribution in [0.15, 0.2) is 72.9 Å². The van der Waals surface area contributed by atoms with E-state index in [2.05, 4.69) is 86.8 Å². The average Bonchev–Trinajstić information content (AvgIpc) is 3.26. The number of allylic oxidation sites excluding steroid dienone is 12. The minimum atomic E-state index is -0.878. The van der Waals surface area contributed by atoms with Crippen molar-refractivity contribution in [1.82, 2.24) is 0 Å². The number of quaternary nitrogens is 1. The maximum atomic E-state index is 12.8. The Kier molecular flexibility index (Phi) is 44.0. The Labute approximate surface area is 393 Å². The van der Waals surface area contributed by atoms with Gasteiger partial charge in [0.15, 0.2) is 12.1 Å². The maximum absolute atomic E-state index is 12.8. The Hall–Kier alpha value is -3.23. The van der Waals surface area contributed by atoms with Crippen molar-refractivity contribution >= 4 is 17.9 Å². The van der Waals surface area contributed by atoms with E-state index in [1.54, 1.807) is 0 Å². The summed E-state index contributed by atoms with van der Waals surface area (Å²) in [7, 11) is 5.53. The highest BCUT2D eigenvalue weighted by molar-refractivity contribution is 5.72. The van der Waals surface area contributed by atoms with Gasteiger partial charge >= 0.3 is 17.9 Å². The van der Waals surface area contributed by atoms with E-state index in [0.29, 0.717) is 19.3 Å². The molecule has 0 saturated carbocycles. The van der Waals surface area contributed by atoms with Crippen molar-refractivity contribution in [3.05, 3.63) is 72.9 Å². The van der Waals surface area contributed by atoms with Crippen molar-refractivity contribution in [2.75, 3.05) is 41.0 Å². The minimum absolute atomic E-state index is 0.0529. The molecule has 0 rings (SSSR count). The molecule has 2 atom stereocenters. The summed E-state index contributed by atoms with van der Waals surface area (Å²) in [5, 5.41) is 9.66. The van der Waals surface area contributed by atoms with Gasteiger partial charge in [0.1, 0.15) is 6.61 Å². The zero-order valence-corrected chi connectivity index (χ0v) is 42.0. The summed E-state index contributed by atoms with van der Waals surface area (Å²) in [5.74, 6) is -1.48. The molecule has 0 fully saturated rings. The van der Waals surface area contributed by atoms with Gasteiger partial charge in [-0.3, -0.25) is 9.59 Å². The minimum Gasteiger partial charge on any atom is -0.477 e. The van der Waals surface area contributed by atoms with Crippen LogP contribution in [0.2, 0.25) is 0 Å². The van der Waals surface area contributed by atoms with Gasteiger partial charge in [-0.05, 0) is 77.0 Å². The van der Waals surface area contributed by atoms with Gasteiger partial charge in [-0.25, -0.2) is 4.79 Å². The molecule has 0 aromatic rings. The predicted molar refractivity (Wildman–Crippen MR) is 270 cm³/mol. The Morgan fingerprint density at radius 2 is 0.922 bits per heavy atom. The number of ether oxygens (including phenoxy) is 3. The molecule has 64 heavy (non-hydrogen) atoms. The van der Waals surface area contributed by atoms with Crippen LogP contribution in [0.3, 0.4) is 0 Å². The summed E-state index contributed by atoms with van der Waals surface area (Å²) in [6.45, 7) is 4.60. The molecule has 368 valence electrons. The van der Waals surface area contributed by atoms with Crippen molar-refractivity contribution in [3.8, 4) is 0 Å². The highest BCUT2D eigenvalue weighted by Crippen LogP contribution is 2.15. The first-order chi connectivity index (χ1) is 31.1. The molecule has 0 aliphatic heterocycles. The molecule has 8 heteroatoms. The number of hydrogen-bond acceptors (Lipinski definition) is 6. The predicted octanol–water partition coefficient (Wildman–Crippen LogP) is 15.1. The molecule has 8 nitrogen and oxygen atoms in total. The number of carbonyl (C=O) groups excluding carboxylic acids is 2. The van der Waals surface area contributed by atoms with Gasteiger partial charge in [0.25, 0.3) is 0 Å². The lowest BCUT2D eigenvalue weighted by molar-refractivity contribution is -0.887. The number of carboxylic acids is 1. The molecule has 0 bridgehead atoms. The molecule has 0 heterocycles. The van der Waals surface area contributed by atoms with E-state index in [1.807, 2.05) is 21.1 Å². The van der Waals surface area contributed by atoms with E-state index in [9.17, 15) is 19.5 Å². The van der Waals surface area contributed by atoms with Gasteiger partial charge in [0.05, 0.1) is 34.4 Å². The number of esters is 2. The third-order valence-corrected chi connectivity index (χ3v) is 11.4. The zero-order valence-electron chi connectivity index (χ0n) is 42.0. The topological polar surface area (TPSA) is 99.1 Å². The normalized spacial score (nSPS) is 13.5. The molecule has 0 amide bonds. The molecule has 0 aromatic carbocycles. The van der Waals surface area contributed by atoms with Crippen LogP contribution >= 0.6 is 0 Å². The highest BCUT2D eigenvalue weighted by atomic mass is 16.6. The van der Waals surface area contributed by atoms with Crippen LogP contribution in [0.1, 0.15) is 213 Å². The number of likely N-dealkylation sites (N-methyl/N-ethyl adjacent to an activating group) is 1. The van der Waals surface area contributed by atoms with Crippen molar-refractivity contribution in [2.24, 2.45) is 0 Å². The molecule has 1 N–H and O–H groups in total. The van der Waals surface area contributed by atoms with E-state index >= 15 is 0 Å². The van der Waals surface area contributed by atoms with Crippen molar-refractivity contribution in [1.29, 1.82) is 0 Å². The van der Waals surface area contributed by atoms with Gasteiger partial charge in [-0.1, -0.05) is 189 Å². The first kappa shape index (κ1) is 60.8. The fourth-order valence-corrected chi connectivity index (χ4v) is 7.37. The molecule has 0 saturated heterocycles. The summed E-state index contributed by atoms with van der Waals surface area (Å²) in [4.78, 5) is 37.2. The summed E-state index contributed by atoms with van der Waals surface area (Å²) in [6.07, 6.45) is 59.4. The average molecular weight is 897 g/mol. The van der Waals surface area contributed by atoms with Gasteiger partial charge in [0.2, 0.25) is 0 Å². The van der Waals surface area contributed by atoms with E-state index in [1.165, 1.54) is 103 Å². The Bertz CT molecular complexity index is 1270. The third-order valence-electron chi connectivity index (χ3n) is 11.4. The summed E-state index contributed by atoms with van der Waals surface area (Å²) < 4.78 is 17.4. The Morgan fingerprint density at radius 1 is 0.500 bits per heavy atom. The second-order valence-electron chi connectivity index (χ2n) is 18.4.